The molecular formula is C45H44F6N16O7S2. The van der Waals surface area contributed by atoms with Gasteiger partial charge in [-0.2, -0.15) is 44.7 Å². The van der Waals surface area contributed by atoms with Crippen molar-refractivity contribution in [2.45, 2.75) is 113 Å². The van der Waals surface area contributed by atoms with Crippen LogP contribution in [0.2, 0.25) is 0 Å². The zero-order valence-corrected chi connectivity index (χ0v) is 41.6. The van der Waals surface area contributed by atoms with Crippen LogP contribution >= 0.6 is 0 Å². The molecular weight excluding hydrogens is 1050 g/mol. The predicted molar refractivity (Wildman–Crippen MR) is 257 cm³/mol. The highest BCUT2D eigenvalue weighted by molar-refractivity contribution is 7.91. The maximum absolute atomic E-state index is 15.1. The number of hydrogen-bond donors (Lipinski definition) is 2. The number of nitrogens with zero attached hydrogens (tertiary/aromatic N) is 15. The molecule has 1 saturated heterocycles. The van der Waals surface area contributed by atoms with Crippen LogP contribution in [0.4, 0.5) is 49.6 Å². The molecule has 400 valence electrons. The van der Waals surface area contributed by atoms with Crippen molar-refractivity contribution in [1.82, 2.24) is 67.4 Å². The first-order chi connectivity index (χ1) is 36.1. The first-order valence-corrected chi connectivity index (χ1v) is 26.8. The molecule has 4 unspecified atom stereocenters. The maximum Gasteiger partial charge on any atom is 0.408 e. The Bertz CT molecular complexity index is 3720. The minimum absolute atomic E-state index is 0.0263. The smallest absolute Gasteiger partial charge is 0.366 e. The number of rotatable bonds is 17. The first kappa shape index (κ1) is 50.9. The van der Waals surface area contributed by atoms with Crippen LogP contribution in [0.1, 0.15) is 88.8 Å². The summed E-state index contributed by atoms with van der Waals surface area (Å²) in [6.45, 7) is 1.74. The van der Waals surface area contributed by atoms with Gasteiger partial charge in [0.2, 0.25) is 0 Å². The molecule has 2 N–H and O–H groups in total. The number of aliphatic hydroxyl groups excluding tert-OH is 1. The van der Waals surface area contributed by atoms with Gasteiger partial charge < -0.3 is 29.0 Å². The number of alkyl halides is 6. The molecule has 0 aromatic carbocycles. The van der Waals surface area contributed by atoms with E-state index in [2.05, 4.69) is 55.4 Å². The Morgan fingerprint density at radius 1 is 0.711 bits per heavy atom. The van der Waals surface area contributed by atoms with Crippen LogP contribution in [0.15, 0.2) is 73.8 Å². The van der Waals surface area contributed by atoms with Crippen LogP contribution in [0.25, 0.3) is 44.8 Å². The van der Waals surface area contributed by atoms with Crippen LogP contribution < -0.4 is 10.2 Å². The normalized spacial score (nSPS) is 18.0. The Kier molecular flexibility index (Phi) is 12.8. The van der Waals surface area contributed by atoms with Crippen molar-refractivity contribution < 1.29 is 57.8 Å². The van der Waals surface area contributed by atoms with Gasteiger partial charge in [-0.15, -0.1) is 0 Å². The molecule has 9 heterocycles. The number of pyridine rings is 2. The SMILES string of the molecule is CC(n1c(COC2CCCCO2)nc2cnc(N(c3ccnc(-c4cnn(S(=O)(=O)C5CC5)c4)n3)C(O)c3nc4cnc(Nc5ccnc(-c6cnn(S(=O)(=O)C7CC7)c6)n5)cc4n3C(C)C(F)(F)F)cc21)C(F)(F)F. The predicted octanol–water partition coefficient (Wildman–Crippen LogP) is 7.03. The van der Waals surface area contributed by atoms with E-state index in [1.165, 1.54) is 55.4 Å². The van der Waals surface area contributed by atoms with Crippen LogP contribution in [0.5, 0.6) is 0 Å². The lowest BCUT2D eigenvalue weighted by molar-refractivity contribution is -0.175. The number of aromatic nitrogens is 14. The van der Waals surface area contributed by atoms with Crippen LogP contribution in [0, 0.1) is 0 Å². The standard InChI is InChI=1S/C45H44F6N16O7S2/c1-24(44(46,47)48)65-33-16-37(55-20-30(33)58-38(65)23-74-39-5-3-4-14-73-39)67(36-11-13-53-41(62-36)27-18-57-64(22-27)76(71,72)29-8-9-29)43(68)42-59-31-19-54-35(15-32(31)66(42)25(2)45(49,50)51)60-34-10-12-52-40(61-34)26-17-56-63(21-26)75(69,70)28-6-7-28/h10-13,15-22,24-25,28-29,39,43,68H,3-9,14,23H2,1-2H3,(H,52,54,60,61). The first-order valence-electron chi connectivity index (χ1n) is 23.8. The fourth-order valence-electron chi connectivity index (χ4n) is 8.64. The Hall–Kier alpha value is -7.22. The van der Waals surface area contributed by atoms with Gasteiger partial charge in [-0.05, 0) is 70.9 Å². The van der Waals surface area contributed by atoms with Crippen molar-refractivity contribution in [3.8, 4) is 22.8 Å². The molecule has 1 aliphatic heterocycles. The second-order valence-corrected chi connectivity index (χ2v) is 22.6. The minimum atomic E-state index is -4.98. The highest BCUT2D eigenvalue weighted by Crippen LogP contribution is 2.42. The lowest BCUT2D eigenvalue weighted by Crippen LogP contribution is -2.32. The second-order valence-electron chi connectivity index (χ2n) is 18.4. The molecule has 2 aliphatic carbocycles. The van der Waals surface area contributed by atoms with Crippen LogP contribution in [0.3, 0.4) is 0 Å². The van der Waals surface area contributed by atoms with E-state index in [1.54, 1.807) is 0 Å². The highest BCUT2D eigenvalue weighted by atomic mass is 32.2. The monoisotopic (exact) mass is 1100 g/mol. The quantitative estimate of drug-likeness (QED) is 0.0684. The second kappa shape index (κ2) is 19.1. The molecule has 0 amide bonds. The van der Waals surface area contributed by atoms with Crippen molar-refractivity contribution in [2.24, 2.45) is 0 Å². The molecule has 0 radical (unpaired) electrons. The Morgan fingerprint density at radius 2 is 1.30 bits per heavy atom. The largest absolute Gasteiger partial charge is 0.408 e. The molecule has 8 aromatic rings. The van der Waals surface area contributed by atoms with Crippen molar-refractivity contribution >= 4 is 65.4 Å². The van der Waals surface area contributed by atoms with Gasteiger partial charge in [0, 0.05) is 31.1 Å². The summed E-state index contributed by atoms with van der Waals surface area (Å²) in [5.74, 6) is -1.45. The fraction of sp³-hybridized carbons (Fsp3) is 0.422. The van der Waals surface area contributed by atoms with Gasteiger partial charge in [-0.25, -0.2) is 56.7 Å². The van der Waals surface area contributed by atoms with Gasteiger partial charge in [0.25, 0.3) is 20.0 Å². The Morgan fingerprint density at radius 3 is 1.92 bits per heavy atom. The van der Waals surface area contributed by atoms with E-state index in [-0.39, 0.29) is 73.9 Å². The summed E-state index contributed by atoms with van der Waals surface area (Å²) < 4.78 is 156. The fourth-order valence-corrected chi connectivity index (χ4v) is 11.6. The zero-order chi connectivity index (χ0) is 53.5. The Balaban J connectivity index is 1.01. The summed E-state index contributed by atoms with van der Waals surface area (Å²) in [5, 5.41) is 22.4. The van der Waals surface area contributed by atoms with E-state index in [1.807, 2.05) is 0 Å². The summed E-state index contributed by atoms with van der Waals surface area (Å²) in [5.41, 5.74) is -0.167. The number of ether oxygens (including phenoxy) is 2. The lowest BCUT2D eigenvalue weighted by Gasteiger charge is -2.30. The van der Waals surface area contributed by atoms with Gasteiger partial charge >= 0.3 is 12.4 Å². The van der Waals surface area contributed by atoms with Crippen LogP contribution in [-0.4, -0.2) is 125 Å². The number of fused-ring (bicyclic) bond motifs is 2. The summed E-state index contributed by atoms with van der Waals surface area (Å²) in [7, 11) is -7.56. The molecule has 0 spiro atoms. The minimum Gasteiger partial charge on any atom is -0.366 e. The molecule has 23 nitrogen and oxygen atoms in total. The Labute approximate surface area is 427 Å². The van der Waals surface area contributed by atoms with Gasteiger partial charge in [0.05, 0.1) is 69.8 Å². The summed E-state index contributed by atoms with van der Waals surface area (Å²) in [6.07, 6.45) is 0.964. The molecule has 0 bridgehead atoms. The number of hydrogen-bond acceptors (Lipinski definition) is 19. The molecule has 31 heteroatoms. The van der Waals surface area contributed by atoms with E-state index in [4.69, 9.17) is 9.47 Å². The molecule has 3 fully saturated rings. The summed E-state index contributed by atoms with van der Waals surface area (Å²) in [4.78, 5) is 36.2. The molecule has 8 aromatic heterocycles. The van der Waals surface area contributed by atoms with Crippen molar-refractivity contribution in [3.63, 3.8) is 0 Å². The molecule has 3 aliphatic rings. The number of imidazole rings is 2. The zero-order valence-electron chi connectivity index (χ0n) is 39.9. The van der Waals surface area contributed by atoms with Crippen LogP contribution in [-0.2, 0) is 36.1 Å². The highest BCUT2D eigenvalue weighted by Gasteiger charge is 2.44. The molecule has 76 heavy (non-hydrogen) atoms. The number of aliphatic hydroxyl groups is 1. The van der Waals surface area contributed by atoms with Crippen molar-refractivity contribution in [2.75, 3.05) is 16.8 Å². The van der Waals surface area contributed by atoms with Gasteiger partial charge in [-0.3, -0.25) is 4.90 Å². The number of anilines is 4. The average Bonchev–Trinajstić information content (AvgIpc) is 4.26. The summed E-state index contributed by atoms with van der Waals surface area (Å²) >= 11 is 0. The molecule has 4 atom stereocenters. The maximum atomic E-state index is 15.1. The van der Waals surface area contributed by atoms with Gasteiger partial charge in [0.1, 0.15) is 58.8 Å². The van der Waals surface area contributed by atoms with E-state index in [0.29, 0.717) is 43.3 Å². The lowest BCUT2D eigenvalue weighted by atomic mass is 10.2. The van der Waals surface area contributed by atoms with E-state index >= 15 is 13.2 Å². The third-order valence-corrected chi connectivity index (χ3v) is 17.1. The third kappa shape index (κ3) is 9.79. The van der Waals surface area contributed by atoms with Crippen molar-refractivity contribution in [1.29, 1.82) is 0 Å². The number of nitrogens with one attached hydrogen (secondary N) is 1. The summed E-state index contributed by atoms with van der Waals surface area (Å²) in [6, 6.07) is 0.457. The molecule has 11 rings (SSSR count). The van der Waals surface area contributed by atoms with E-state index in [0.717, 1.165) is 62.8 Å². The molecule has 2 saturated carbocycles. The van der Waals surface area contributed by atoms with E-state index in [9.17, 15) is 35.1 Å². The van der Waals surface area contributed by atoms with Gasteiger partial charge in [-0.1, -0.05) is 0 Å². The topological polar surface area (TPSA) is 271 Å². The number of halogens is 6. The van der Waals surface area contributed by atoms with Crippen molar-refractivity contribution in [3.05, 3.63) is 85.5 Å². The van der Waals surface area contributed by atoms with E-state index < -0.39 is 79.9 Å². The average molecular weight is 1100 g/mol. The van der Waals surface area contributed by atoms with Gasteiger partial charge in [0.15, 0.2) is 30.0 Å². The third-order valence-electron chi connectivity index (χ3n) is 13.1.